The average molecular weight is 292 g/mol. The van der Waals surface area contributed by atoms with Gasteiger partial charge in [0.2, 0.25) is 0 Å². The molecule has 1 aromatic heterocycles. The topological polar surface area (TPSA) is 49.8 Å². The summed E-state index contributed by atoms with van der Waals surface area (Å²) < 4.78 is 0. The van der Waals surface area contributed by atoms with Crippen LogP contribution in [0, 0.1) is 6.92 Å². The molecule has 22 heavy (non-hydrogen) atoms. The monoisotopic (exact) mass is 292 g/mol. The summed E-state index contributed by atoms with van der Waals surface area (Å²) in [5.74, 6) is 0.874. The van der Waals surface area contributed by atoms with Crippen molar-refractivity contribution in [3.05, 3.63) is 60.3 Å². The van der Waals surface area contributed by atoms with Crippen LogP contribution in [0.2, 0.25) is 0 Å². The van der Waals surface area contributed by atoms with E-state index in [4.69, 9.17) is 0 Å². The third-order valence-electron chi connectivity index (χ3n) is 3.49. The van der Waals surface area contributed by atoms with Crippen LogP contribution in [0.15, 0.2) is 54.6 Å². The van der Waals surface area contributed by atoms with Gasteiger partial charge in [-0.1, -0.05) is 30.3 Å². The fourth-order valence-corrected chi connectivity index (χ4v) is 2.34. The molecule has 0 unspecified atom stereocenters. The van der Waals surface area contributed by atoms with Crippen molar-refractivity contribution >= 4 is 22.5 Å². The van der Waals surface area contributed by atoms with Crippen molar-refractivity contribution in [2.75, 3.05) is 23.7 Å². The zero-order valence-corrected chi connectivity index (χ0v) is 12.7. The van der Waals surface area contributed by atoms with Crippen LogP contribution in [0.4, 0.5) is 11.5 Å². The largest absolute Gasteiger partial charge is 0.385 e. The van der Waals surface area contributed by atoms with E-state index < -0.39 is 0 Å². The zero-order chi connectivity index (χ0) is 15.2. The van der Waals surface area contributed by atoms with E-state index in [2.05, 4.69) is 32.7 Å². The Morgan fingerprint density at radius 3 is 2.18 bits per heavy atom. The number of nitrogens with one attached hydrogen (secondary N) is 2. The molecule has 0 fully saturated rings. The van der Waals surface area contributed by atoms with Crippen molar-refractivity contribution < 1.29 is 0 Å². The highest BCUT2D eigenvalue weighted by atomic mass is 15.0. The number of benzene rings is 2. The Labute approximate surface area is 130 Å². The summed E-state index contributed by atoms with van der Waals surface area (Å²) >= 11 is 0. The molecule has 0 radical (unpaired) electrons. The van der Waals surface area contributed by atoms with Gasteiger partial charge in [0.1, 0.15) is 5.82 Å². The van der Waals surface area contributed by atoms with Crippen LogP contribution >= 0.6 is 0 Å². The van der Waals surface area contributed by atoms with Gasteiger partial charge in [-0.25, -0.2) is 9.97 Å². The second-order valence-corrected chi connectivity index (χ2v) is 5.22. The number of hydrogen-bond donors (Lipinski definition) is 2. The normalized spacial score (nSPS) is 10.6. The van der Waals surface area contributed by atoms with Gasteiger partial charge in [0.25, 0.3) is 0 Å². The quantitative estimate of drug-likeness (QED) is 0.677. The highest BCUT2D eigenvalue weighted by Crippen LogP contribution is 2.15. The van der Waals surface area contributed by atoms with E-state index >= 15 is 0 Å². The van der Waals surface area contributed by atoms with Gasteiger partial charge in [0, 0.05) is 18.8 Å². The molecule has 0 saturated heterocycles. The van der Waals surface area contributed by atoms with Crippen LogP contribution in [-0.2, 0) is 0 Å². The Bertz CT molecular complexity index is 740. The first-order valence-corrected chi connectivity index (χ1v) is 7.59. The number of aryl methyl sites for hydroxylation is 1. The summed E-state index contributed by atoms with van der Waals surface area (Å²) in [5.41, 5.74) is 3.97. The lowest BCUT2D eigenvalue weighted by Gasteiger charge is -2.10. The van der Waals surface area contributed by atoms with Crippen LogP contribution in [0.25, 0.3) is 11.0 Å². The van der Waals surface area contributed by atoms with Gasteiger partial charge in [-0.3, -0.25) is 0 Å². The Morgan fingerprint density at radius 2 is 1.41 bits per heavy atom. The minimum absolute atomic E-state index is 0.869. The summed E-state index contributed by atoms with van der Waals surface area (Å²) in [6, 6.07) is 18.2. The van der Waals surface area contributed by atoms with Gasteiger partial charge >= 0.3 is 0 Å². The van der Waals surface area contributed by atoms with Crippen molar-refractivity contribution in [3.8, 4) is 0 Å². The Balaban J connectivity index is 1.52. The maximum atomic E-state index is 4.64. The zero-order valence-electron chi connectivity index (χ0n) is 12.7. The number of para-hydroxylation sites is 3. The maximum Gasteiger partial charge on any atom is 0.148 e. The predicted octanol–water partition coefficient (Wildman–Crippen LogP) is 3.85. The van der Waals surface area contributed by atoms with Gasteiger partial charge in [-0.05, 0) is 37.6 Å². The molecule has 0 bridgehead atoms. The van der Waals surface area contributed by atoms with Crippen LogP contribution in [0.5, 0.6) is 0 Å². The lowest BCUT2D eigenvalue weighted by molar-refractivity contribution is 0.901. The van der Waals surface area contributed by atoms with Crippen LogP contribution in [0.1, 0.15) is 12.1 Å². The number of rotatable bonds is 6. The summed E-state index contributed by atoms with van der Waals surface area (Å²) in [4.78, 5) is 9.22. The van der Waals surface area contributed by atoms with E-state index in [1.54, 1.807) is 0 Å². The molecule has 0 amide bonds. The Morgan fingerprint density at radius 1 is 0.773 bits per heavy atom. The molecule has 3 rings (SSSR count). The molecule has 2 N–H and O–H groups in total. The molecular formula is C18H20N4. The number of hydrogen-bond acceptors (Lipinski definition) is 4. The fraction of sp³-hybridized carbons (Fsp3) is 0.222. The molecule has 4 heteroatoms. The van der Waals surface area contributed by atoms with Gasteiger partial charge in [-0.15, -0.1) is 0 Å². The van der Waals surface area contributed by atoms with E-state index in [1.165, 1.54) is 0 Å². The van der Waals surface area contributed by atoms with E-state index in [0.717, 1.165) is 47.7 Å². The lowest BCUT2D eigenvalue weighted by atomic mass is 10.3. The molecule has 4 nitrogen and oxygen atoms in total. The molecule has 112 valence electrons. The van der Waals surface area contributed by atoms with Gasteiger partial charge in [-0.2, -0.15) is 0 Å². The highest BCUT2D eigenvalue weighted by Gasteiger charge is 2.03. The van der Waals surface area contributed by atoms with Crippen molar-refractivity contribution in [2.24, 2.45) is 0 Å². The van der Waals surface area contributed by atoms with Gasteiger partial charge in [0.05, 0.1) is 16.7 Å². The van der Waals surface area contributed by atoms with E-state index in [9.17, 15) is 0 Å². The number of fused-ring (bicyclic) bond motifs is 1. The lowest BCUT2D eigenvalue weighted by Crippen LogP contribution is -2.11. The molecule has 2 aromatic carbocycles. The highest BCUT2D eigenvalue weighted by molar-refractivity contribution is 5.76. The predicted molar refractivity (Wildman–Crippen MR) is 92.3 cm³/mol. The number of aromatic nitrogens is 2. The molecule has 0 spiro atoms. The van der Waals surface area contributed by atoms with Crippen LogP contribution < -0.4 is 10.6 Å². The minimum Gasteiger partial charge on any atom is -0.385 e. The molecule has 0 aliphatic heterocycles. The number of anilines is 2. The maximum absolute atomic E-state index is 4.64. The second kappa shape index (κ2) is 6.89. The molecule has 0 saturated carbocycles. The first-order valence-electron chi connectivity index (χ1n) is 7.59. The molecular weight excluding hydrogens is 272 g/mol. The first kappa shape index (κ1) is 14.3. The van der Waals surface area contributed by atoms with Crippen molar-refractivity contribution in [2.45, 2.75) is 13.3 Å². The smallest absolute Gasteiger partial charge is 0.148 e. The Kier molecular flexibility index (Phi) is 4.49. The fourth-order valence-electron chi connectivity index (χ4n) is 2.34. The summed E-state index contributed by atoms with van der Waals surface area (Å²) in [7, 11) is 0. The molecule has 0 aliphatic carbocycles. The van der Waals surface area contributed by atoms with Gasteiger partial charge in [0.15, 0.2) is 0 Å². The third-order valence-corrected chi connectivity index (χ3v) is 3.49. The molecule has 3 aromatic rings. The van der Waals surface area contributed by atoms with Crippen LogP contribution in [-0.4, -0.2) is 23.1 Å². The number of nitrogens with zero attached hydrogens (tertiary/aromatic N) is 2. The average Bonchev–Trinajstić information content (AvgIpc) is 2.56. The first-order chi connectivity index (χ1) is 10.8. The minimum atomic E-state index is 0.869. The summed E-state index contributed by atoms with van der Waals surface area (Å²) in [5, 5.41) is 6.78. The SMILES string of the molecule is Cc1nc2ccccc2nc1NCCCNc1ccccc1. The van der Waals surface area contributed by atoms with E-state index in [-0.39, 0.29) is 0 Å². The summed E-state index contributed by atoms with van der Waals surface area (Å²) in [6.07, 6.45) is 1.02. The Hall–Kier alpha value is -2.62. The van der Waals surface area contributed by atoms with E-state index in [1.807, 2.05) is 49.4 Å². The van der Waals surface area contributed by atoms with Crippen molar-refractivity contribution in [1.29, 1.82) is 0 Å². The molecule has 1 heterocycles. The second-order valence-electron chi connectivity index (χ2n) is 5.22. The van der Waals surface area contributed by atoms with Crippen molar-refractivity contribution in [3.63, 3.8) is 0 Å². The summed E-state index contributed by atoms with van der Waals surface area (Å²) in [6.45, 7) is 3.79. The van der Waals surface area contributed by atoms with Crippen molar-refractivity contribution in [1.82, 2.24) is 9.97 Å². The van der Waals surface area contributed by atoms with Gasteiger partial charge < -0.3 is 10.6 Å². The standard InChI is InChI=1S/C18H20N4/c1-14-18(22-17-11-6-5-10-16(17)21-14)20-13-7-12-19-15-8-3-2-4-9-15/h2-6,8-11,19H,7,12-13H2,1H3,(H,20,22). The van der Waals surface area contributed by atoms with Crippen LogP contribution in [0.3, 0.4) is 0 Å². The molecule has 0 atom stereocenters. The molecule has 0 aliphatic rings. The van der Waals surface area contributed by atoms with E-state index in [0.29, 0.717) is 0 Å². The third kappa shape index (κ3) is 3.52.